The van der Waals surface area contributed by atoms with Crippen molar-refractivity contribution in [1.29, 1.82) is 0 Å². The summed E-state index contributed by atoms with van der Waals surface area (Å²) in [6.45, 7) is 7.94. The fourth-order valence-corrected chi connectivity index (χ4v) is 3.20. The third-order valence-electron chi connectivity index (χ3n) is 4.09. The molecule has 0 aliphatic carbocycles. The van der Waals surface area contributed by atoms with Gasteiger partial charge in [0.1, 0.15) is 0 Å². The van der Waals surface area contributed by atoms with E-state index >= 15 is 0 Å². The molecule has 1 atom stereocenters. The first kappa shape index (κ1) is 20.1. The summed E-state index contributed by atoms with van der Waals surface area (Å²) in [6, 6.07) is 4.76. The van der Waals surface area contributed by atoms with Crippen molar-refractivity contribution in [2.45, 2.75) is 26.3 Å². The molecular formula is C18H26BrFN2O3. The van der Waals surface area contributed by atoms with Gasteiger partial charge in [0.2, 0.25) is 0 Å². The van der Waals surface area contributed by atoms with Gasteiger partial charge in [-0.2, -0.15) is 0 Å². The average molecular weight is 417 g/mol. The number of ether oxygens (including phenoxy) is 2. The SMILES string of the molecule is CC(C)CC(CNC(=O)COc1ccc(Br)cc1F)N1CCOCC1. The van der Waals surface area contributed by atoms with E-state index in [2.05, 4.69) is 40.0 Å². The van der Waals surface area contributed by atoms with E-state index < -0.39 is 5.82 Å². The lowest BCUT2D eigenvalue weighted by molar-refractivity contribution is -0.123. The molecule has 1 aliphatic rings. The van der Waals surface area contributed by atoms with Crippen LogP contribution >= 0.6 is 15.9 Å². The molecule has 7 heteroatoms. The molecule has 2 rings (SSSR count). The number of nitrogens with zero attached hydrogens (tertiary/aromatic N) is 1. The first-order valence-corrected chi connectivity index (χ1v) is 9.41. The molecule has 5 nitrogen and oxygen atoms in total. The highest BCUT2D eigenvalue weighted by Gasteiger charge is 2.22. The molecule has 1 fully saturated rings. The molecule has 1 aromatic rings. The van der Waals surface area contributed by atoms with Crippen molar-refractivity contribution in [3.63, 3.8) is 0 Å². The maximum Gasteiger partial charge on any atom is 0.257 e. The van der Waals surface area contributed by atoms with Gasteiger partial charge in [-0.25, -0.2) is 4.39 Å². The summed E-state index contributed by atoms with van der Waals surface area (Å²) in [5.41, 5.74) is 0. The van der Waals surface area contributed by atoms with Crippen LogP contribution in [-0.2, 0) is 9.53 Å². The van der Waals surface area contributed by atoms with Gasteiger partial charge in [-0.05, 0) is 30.5 Å². The minimum Gasteiger partial charge on any atom is -0.481 e. The predicted octanol–water partition coefficient (Wildman–Crippen LogP) is 2.83. The van der Waals surface area contributed by atoms with E-state index in [9.17, 15) is 9.18 Å². The Bertz CT molecular complexity index is 565. The molecule has 1 N–H and O–H groups in total. The first-order chi connectivity index (χ1) is 12.0. The van der Waals surface area contributed by atoms with Gasteiger partial charge in [0.05, 0.1) is 13.2 Å². The summed E-state index contributed by atoms with van der Waals surface area (Å²) in [4.78, 5) is 14.4. The van der Waals surface area contributed by atoms with Crippen molar-refractivity contribution < 1.29 is 18.7 Å². The molecule has 1 aromatic carbocycles. The molecule has 0 bridgehead atoms. The Morgan fingerprint density at radius 3 is 2.76 bits per heavy atom. The summed E-state index contributed by atoms with van der Waals surface area (Å²) in [5, 5.41) is 2.91. The van der Waals surface area contributed by atoms with Crippen LogP contribution in [0.25, 0.3) is 0 Å². The average Bonchev–Trinajstić information content (AvgIpc) is 2.58. The van der Waals surface area contributed by atoms with E-state index in [1.165, 1.54) is 12.1 Å². The molecule has 0 radical (unpaired) electrons. The van der Waals surface area contributed by atoms with Gasteiger partial charge in [0.25, 0.3) is 5.91 Å². The van der Waals surface area contributed by atoms with Crippen LogP contribution < -0.4 is 10.1 Å². The van der Waals surface area contributed by atoms with E-state index in [1.807, 2.05) is 0 Å². The predicted molar refractivity (Wildman–Crippen MR) is 98.2 cm³/mol. The van der Waals surface area contributed by atoms with Crippen LogP contribution in [-0.4, -0.2) is 56.3 Å². The lowest BCUT2D eigenvalue weighted by atomic mass is 10.0. The maximum absolute atomic E-state index is 13.7. The fraction of sp³-hybridized carbons (Fsp3) is 0.611. The van der Waals surface area contributed by atoms with Crippen molar-refractivity contribution in [2.75, 3.05) is 39.5 Å². The smallest absolute Gasteiger partial charge is 0.257 e. The van der Waals surface area contributed by atoms with Crippen molar-refractivity contribution >= 4 is 21.8 Å². The number of hydrogen-bond acceptors (Lipinski definition) is 4. The van der Waals surface area contributed by atoms with Crippen molar-refractivity contribution in [1.82, 2.24) is 10.2 Å². The monoisotopic (exact) mass is 416 g/mol. The molecule has 1 amide bonds. The van der Waals surface area contributed by atoms with Crippen molar-refractivity contribution in [3.8, 4) is 5.75 Å². The third kappa shape index (κ3) is 6.92. The second-order valence-corrected chi connectivity index (χ2v) is 7.51. The van der Waals surface area contributed by atoms with E-state index in [1.54, 1.807) is 6.07 Å². The molecule has 0 spiro atoms. The molecule has 0 aromatic heterocycles. The normalized spacial score (nSPS) is 16.7. The minimum atomic E-state index is -0.492. The molecule has 1 saturated heterocycles. The van der Waals surface area contributed by atoms with Crippen LogP contribution in [0.3, 0.4) is 0 Å². The molecular weight excluding hydrogens is 391 g/mol. The number of nitrogens with one attached hydrogen (secondary N) is 1. The summed E-state index contributed by atoms with van der Waals surface area (Å²) in [6.07, 6.45) is 1.00. The van der Waals surface area contributed by atoms with E-state index in [4.69, 9.17) is 9.47 Å². The Hall–Kier alpha value is -1.18. The van der Waals surface area contributed by atoms with E-state index in [0.717, 1.165) is 32.7 Å². The van der Waals surface area contributed by atoms with Crippen LogP contribution in [0.15, 0.2) is 22.7 Å². The molecule has 25 heavy (non-hydrogen) atoms. The van der Waals surface area contributed by atoms with Crippen molar-refractivity contribution in [2.24, 2.45) is 5.92 Å². The van der Waals surface area contributed by atoms with Gasteiger partial charge >= 0.3 is 0 Å². The van der Waals surface area contributed by atoms with Gasteiger partial charge in [0, 0.05) is 30.1 Å². The van der Waals surface area contributed by atoms with Crippen molar-refractivity contribution in [3.05, 3.63) is 28.5 Å². The largest absolute Gasteiger partial charge is 0.481 e. The Morgan fingerprint density at radius 2 is 2.12 bits per heavy atom. The highest BCUT2D eigenvalue weighted by molar-refractivity contribution is 9.10. The standard InChI is InChI=1S/C18H26BrFN2O3/c1-13(2)9-15(22-5-7-24-8-6-22)11-21-18(23)12-25-17-4-3-14(19)10-16(17)20/h3-4,10,13,15H,5-9,11-12H2,1-2H3,(H,21,23). The third-order valence-corrected chi connectivity index (χ3v) is 4.59. The van der Waals surface area contributed by atoms with Crippen LogP contribution in [0.2, 0.25) is 0 Å². The summed E-state index contributed by atoms with van der Waals surface area (Å²) in [5.74, 6) is -0.124. The number of halogens is 2. The Kier molecular flexibility index (Phi) is 8.12. The summed E-state index contributed by atoms with van der Waals surface area (Å²) < 4.78 is 25.0. The zero-order chi connectivity index (χ0) is 18.2. The van der Waals surface area contributed by atoms with Gasteiger partial charge in [0.15, 0.2) is 18.2 Å². The highest BCUT2D eigenvalue weighted by Crippen LogP contribution is 2.21. The second kappa shape index (κ2) is 10.1. The second-order valence-electron chi connectivity index (χ2n) is 6.60. The number of rotatable bonds is 8. The number of carbonyl (C=O) groups is 1. The summed E-state index contributed by atoms with van der Waals surface area (Å²) in [7, 11) is 0. The van der Waals surface area contributed by atoms with E-state index in [0.29, 0.717) is 16.9 Å². The molecule has 140 valence electrons. The van der Waals surface area contributed by atoms with Crippen LogP contribution in [0.5, 0.6) is 5.75 Å². The van der Waals surface area contributed by atoms with Crippen LogP contribution in [0.1, 0.15) is 20.3 Å². The fourth-order valence-electron chi connectivity index (χ4n) is 2.87. The number of carbonyl (C=O) groups excluding carboxylic acids is 1. The lowest BCUT2D eigenvalue weighted by Gasteiger charge is -2.35. The molecule has 1 heterocycles. The van der Waals surface area contributed by atoms with Gasteiger partial charge in [-0.15, -0.1) is 0 Å². The molecule has 1 aliphatic heterocycles. The first-order valence-electron chi connectivity index (χ1n) is 8.62. The van der Waals surface area contributed by atoms with Gasteiger partial charge in [-0.1, -0.05) is 29.8 Å². The molecule has 1 unspecified atom stereocenters. The lowest BCUT2D eigenvalue weighted by Crippen LogP contribution is -2.49. The quantitative estimate of drug-likeness (QED) is 0.707. The van der Waals surface area contributed by atoms with Crippen LogP contribution in [0.4, 0.5) is 4.39 Å². The van der Waals surface area contributed by atoms with Gasteiger partial charge < -0.3 is 14.8 Å². The highest BCUT2D eigenvalue weighted by atomic mass is 79.9. The topological polar surface area (TPSA) is 50.8 Å². The van der Waals surface area contributed by atoms with Gasteiger partial charge in [-0.3, -0.25) is 9.69 Å². The Balaban J connectivity index is 1.81. The Labute approximate surface area is 157 Å². The number of morpholine rings is 1. The van der Waals surface area contributed by atoms with Crippen LogP contribution in [0, 0.1) is 11.7 Å². The maximum atomic E-state index is 13.7. The Morgan fingerprint density at radius 1 is 1.40 bits per heavy atom. The number of hydrogen-bond donors (Lipinski definition) is 1. The zero-order valence-corrected chi connectivity index (χ0v) is 16.4. The number of benzene rings is 1. The summed E-state index contributed by atoms with van der Waals surface area (Å²) >= 11 is 3.19. The van der Waals surface area contributed by atoms with E-state index in [-0.39, 0.29) is 24.3 Å². The number of amides is 1. The zero-order valence-electron chi connectivity index (χ0n) is 14.8. The minimum absolute atomic E-state index is 0.0743. The molecule has 0 saturated carbocycles.